The maximum Gasteiger partial charge on any atom is 0.276 e. The van der Waals surface area contributed by atoms with E-state index in [-0.39, 0.29) is 17.8 Å². The molecule has 0 atom stereocenters. The molecule has 110 valence electrons. The summed E-state index contributed by atoms with van der Waals surface area (Å²) in [5.74, 6) is -0.363. The first-order chi connectivity index (χ1) is 10.1. The number of nitrogens with zero attached hydrogens (tertiary/aromatic N) is 1. The van der Waals surface area contributed by atoms with Crippen LogP contribution in [-0.2, 0) is 4.79 Å². The van der Waals surface area contributed by atoms with E-state index in [2.05, 4.69) is 5.32 Å². The molecule has 1 heterocycles. The van der Waals surface area contributed by atoms with Crippen LogP contribution in [0.4, 0.5) is 4.39 Å². The zero-order valence-corrected chi connectivity index (χ0v) is 12.5. The van der Waals surface area contributed by atoms with Crippen LogP contribution in [0.2, 0.25) is 0 Å². The molecule has 2 fully saturated rings. The van der Waals surface area contributed by atoms with Crippen LogP contribution in [0.25, 0.3) is 6.08 Å². The fourth-order valence-electron chi connectivity index (χ4n) is 2.95. The molecule has 1 aliphatic heterocycles. The van der Waals surface area contributed by atoms with Gasteiger partial charge in [0.2, 0.25) is 0 Å². The lowest BCUT2D eigenvalue weighted by Gasteiger charge is -2.29. The van der Waals surface area contributed by atoms with Gasteiger partial charge in [-0.15, -0.1) is 0 Å². The van der Waals surface area contributed by atoms with Gasteiger partial charge in [0.15, 0.2) is 5.11 Å². The molecule has 1 saturated carbocycles. The number of hydrogen-bond donors (Lipinski definition) is 1. The van der Waals surface area contributed by atoms with E-state index in [9.17, 15) is 9.18 Å². The first-order valence-electron chi connectivity index (χ1n) is 7.27. The summed E-state index contributed by atoms with van der Waals surface area (Å²) in [7, 11) is 0. The largest absolute Gasteiger partial charge is 0.328 e. The Morgan fingerprint density at radius 3 is 2.52 bits per heavy atom. The third-order valence-electron chi connectivity index (χ3n) is 4.03. The van der Waals surface area contributed by atoms with Crippen LogP contribution < -0.4 is 5.32 Å². The minimum absolute atomic E-state index is 0.0729. The Labute approximate surface area is 128 Å². The number of carbonyl (C=O) groups is 1. The van der Waals surface area contributed by atoms with Gasteiger partial charge >= 0.3 is 0 Å². The van der Waals surface area contributed by atoms with Crippen LogP contribution in [-0.4, -0.2) is 22.0 Å². The molecule has 21 heavy (non-hydrogen) atoms. The Balaban J connectivity index is 1.80. The van der Waals surface area contributed by atoms with Crippen molar-refractivity contribution in [3.8, 4) is 0 Å². The molecule has 3 rings (SSSR count). The van der Waals surface area contributed by atoms with E-state index < -0.39 is 0 Å². The highest BCUT2D eigenvalue weighted by molar-refractivity contribution is 7.80. The van der Waals surface area contributed by atoms with Crippen LogP contribution in [0.1, 0.15) is 37.7 Å². The van der Waals surface area contributed by atoms with Crippen molar-refractivity contribution in [2.75, 3.05) is 0 Å². The van der Waals surface area contributed by atoms with Gasteiger partial charge in [0.25, 0.3) is 5.91 Å². The molecule has 0 radical (unpaired) electrons. The van der Waals surface area contributed by atoms with Crippen LogP contribution in [0.3, 0.4) is 0 Å². The average molecular weight is 304 g/mol. The van der Waals surface area contributed by atoms with Gasteiger partial charge in [0, 0.05) is 6.04 Å². The van der Waals surface area contributed by atoms with Crippen molar-refractivity contribution in [2.24, 2.45) is 0 Å². The minimum Gasteiger partial charge on any atom is -0.328 e. The zero-order valence-electron chi connectivity index (χ0n) is 11.6. The van der Waals surface area contributed by atoms with Crippen LogP contribution >= 0.6 is 12.2 Å². The lowest BCUT2D eigenvalue weighted by atomic mass is 9.94. The smallest absolute Gasteiger partial charge is 0.276 e. The number of amides is 1. The Morgan fingerprint density at radius 2 is 1.86 bits per heavy atom. The number of carbonyl (C=O) groups excluding carboxylic acids is 1. The zero-order chi connectivity index (χ0) is 14.8. The molecule has 1 saturated heterocycles. The summed E-state index contributed by atoms with van der Waals surface area (Å²) in [5.41, 5.74) is 1.25. The van der Waals surface area contributed by atoms with E-state index in [1.54, 1.807) is 23.1 Å². The Morgan fingerprint density at radius 1 is 1.19 bits per heavy atom. The molecule has 1 aromatic carbocycles. The van der Waals surface area contributed by atoms with Crippen LogP contribution in [0, 0.1) is 5.82 Å². The minimum atomic E-state index is -0.290. The number of rotatable bonds is 2. The second-order valence-electron chi connectivity index (χ2n) is 5.51. The Hall–Kier alpha value is -1.75. The number of nitrogens with one attached hydrogen (secondary N) is 1. The fourth-order valence-corrected chi connectivity index (χ4v) is 3.29. The number of thiocarbonyl (C=S) groups is 1. The summed E-state index contributed by atoms with van der Waals surface area (Å²) < 4.78 is 12.9. The van der Waals surface area contributed by atoms with Crippen LogP contribution in [0.15, 0.2) is 30.0 Å². The first-order valence-corrected chi connectivity index (χ1v) is 7.68. The summed E-state index contributed by atoms with van der Waals surface area (Å²) in [6.45, 7) is 0. The highest BCUT2D eigenvalue weighted by atomic mass is 32.1. The van der Waals surface area contributed by atoms with Gasteiger partial charge in [-0.2, -0.15) is 0 Å². The molecular weight excluding hydrogens is 287 g/mol. The molecule has 0 aromatic heterocycles. The van der Waals surface area contributed by atoms with E-state index in [1.807, 2.05) is 0 Å². The van der Waals surface area contributed by atoms with Gasteiger partial charge in [-0.1, -0.05) is 31.4 Å². The SMILES string of the molecule is O=C1C(=Cc2ccc(F)cc2)NC(=S)N1C1CCCCC1. The molecule has 3 nitrogen and oxygen atoms in total. The summed E-state index contributed by atoms with van der Waals surface area (Å²) in [4.78, 5) is 14.2. The summed E-state index contributed by atoms with van der Waals surface area (Å²) in [5, 5.41) is 3.48. The van der Waals surface area contributed by atoms with E-state index in [1.165, 1.54) is 18.6 Å². The van der Waals surface area contributed by atoms with Crippen LogP contribution in [0.5, 0.6) is 0 Å². The maximum absolute atomic E-state index is 12.9. The number of benzene rings is 1. The fraction of sp³-hybridized carbons (Fsp3) is 0.375. The van der Waals surface area contributed by atoms with E-state index >= 15 is 0 Å². The summed E-state index contributed by atoms with van der Waals surface area (Å²) in [6.07, 6.45) is 7.27. The van der Waals surface area contributed by atoms with E-state index in [0.717, 1.165) is 31.2 Å². The summed E-state index contributed by atoms with van der Waals surface area (Å²) in [6, 6.07) is 6.25. The molecule has 1 aliphatic carbocycles. The topological polar surface area (TPSA) is 32.3 Å². The average Bonchev–Trinajstić information content (AvgIpc) is 2.77. The maximum atomic E-state index is 12.9. The molecule has 1 N–H and O–H groups in total. The molecule has 0 bridgehead atoms. The predicted molar refractivity (Wildman–Crippen MR) is 83.8 cm³/mol. The van der Waals surface area contributed by atoms with Gasteiger partial charge in [-0.05, 0) is 48.8 Å². The van der Waals surface area contributed by atoms with E-state index in [4.69, 9.17) is 12.2 Å². The number of hydrogen-bond acceptors (Lipinski definition) is 2. The molecule has 1 amide bonds. The normalized spacial score (nSPS) is 22.0. The Kier molecular flexibility index (Phi) is 4.01. The Bertz CT molecular complexity index is 591. The molecule has 1 aromatic rings. The third-order valence-corrected chi connectivity index (χ3v) is 4.33. The number of halogens is 1. The quantitative estimate of drug-likeness (QED) is 0.672. The lowest BCUT2D eigenvalue weighted by molar-refractivity contribution is -0.124. The second kappa shape index (κ2) is 5.93. The second-order valence-corrected chi connectivity index (χ2v) is 5.89. The molecular formula is C16H17FN2OS. The predicted octanol–water partition coefficient (Wildman–Crippen LogP) is 3.22. The lowest BCUT2D eigenvalue weighted by Crippen LogP contribution is -2.41. The highest BCUT2D eigenvalue weighted by Gasteiger charge is 2.36. The van der Waals surface area contributed by atoms with Crippen molar-refractivity contribution in [1.29, 1.82) is 0 Å². The third kappa shape index (κ3) is 2.97. The van der Waals surface area contributed by atoms with Crippen molar-refractivity contribution in [3.63, 3.8) is 0 Å². The monoisotopic (exact) mass is 304 g/mol. The van der Waals surface area contributed by atoms with Crippen molar-refractivity contribution in [1.82, 2.24) is 10.2 Å². The van der Waals surface area contributed by atoms with Gasteiger partial charge in [-0.3, -0.25) is 9.69 Å². The molecule has 5 heteroatoms. The van der Waals surface area contributed by atoms with Crippen molar-refractivity contribution in [3.05, 3.63) is 41.3 Å². The van der Waals surface area contributed by atoms with Crippen molar-refractivity contribution in [2.45, 2.75) is 38.1 Å². The van der Waals surface area contributed by atoms with Gasteiger partial charge in [-0.25, -0.2) is 4.39 Å². The summed E-state index contributed by atoms with van der Waals surface area (Å²) >= 11 is 5.31. The first kappa shape index (κ1) is 14.2. The molecule has 2 aliphatic rings. The van der Waals surface area contributed by atoms with Gasteiger partial charge in [0.1, 0.15) is 11.5 Å². The standard InChI is InChI=1S/C16H17FN2OS/c17-12-8-6-11(7-9-12)10-14-15(20)19(16(21)18-14)13-4-2-1-3-5-13/h6-10,13H,1-5H2,(H,18,21). The molecule has 0 unspecified atom stereocenters. The van der Waals surface area contributed by atoms with Gasteiger partial charge in [0.05, 0.1) is 0 Å². The van der Waals surface area contributed by atoms with Crippen molar-refractivity contribution >= 4 is 29.3 Å². The van der Waals surface area contributed by atoms with Crippen molar-refractivity contribution < 1.29 is 9.18 Å². The van der Waals surface area contributed by atoms with E-state index in [0.29, 0.717) is 10.8 Å². The molecule has 0 spiro atoms. The highest BCUT2D eigenvalue weighted by Crippen LogP contribution is 2.26. The van der Waals surface area contributed by atoms with Gasteiger partial charge < -0.3 is 5.32 Å².